The molecule has 0 aliphatic carbocycles. The van der Waals surface area contributed by atoms with E-state index in [1.807, 2.05) is 84.3 Å². The van der Waals surface area contributed by atoms with Crippen LogP contribution in [-0.2, 0) is 16.4 Å². The average Bonchev–Trinajstić information content (AvgIpc) is 2.85. The molecule has 0 saturated carbocycles. The second kappa shape index (κ2) is 13.4. The summed E-state index contributed by atoms with van der Waals surface area (Å²) in [5.74, 6) is 4.40. The molecule has 2 fully saturated rings. The second-order valence-electron chi connectivity index (χ2n) is 10.2. The number of aryl methyl sites for hydroxylation is 1. The molecule has 0 bridgehead atoms. The summed E-state index contributed by atoms with van der Waals surface area (Å²) >= 11 is 7.78. The number of nitrogens with one attached hydrogen (secondary N) is 1. The van der Waals surface area contributed by atoms with Crippen molar-refractivity contribution in [3.05, 3.63) is 65.7 Å². The highest BCUT2D eigenvalue weighted by molar-refractivity contribution is 8.19. The first-order chi connectivity index (χ1) is 17.7. The van der Waals surface area contributed by atoms with E-state index in [0.29, 0.717) is 24.2 Å². The van der Waals surface area contributed by atoms with Crippen molar-refractivity contribution in [1.29, 1.82) is 0 Å². The van der Waals surface area contributed by atoms with Crippen molar-refractivity contribution >= 4 is 57.1 Å². The quantitative estimate of drug-likeness (QED) is 0.304. The van der Waals surface area contributed by atoms with Crippen LogP contribution in [0.1, 0.15) is 50.2 Å². The minimum Gasteiger partial charge on any atom is -0.393 e. The molecule has 9 heteroatoms. The molecule has 2 N–H and O–H groups in total. The van der Waals surface area contributed by atoms with E-state index < -0.39 is 16.1 Å². The molecule has 37 heavy (non-hydrogen) atoms. The van der Waals surface area contributed by atoms with Crippen LogP contribution in [0, 0.1) is 6.92 Å². The molecule has 204 valence electrons. The zero-order valence-corrected chi connectivity index (χ0v) is 25.8. The maximum absolute atomic E-state index is 13.4. The topological polar surface area (TPSA) is 66.4 Å². The summed E-state index contributed by atoms with van der Waals surface area (Å²) in [7, 11) is -3.67. The number of aliphatic hydroxyl groups is 1. The van der Waals surface area contributed by atoms with Crippen molar-refractivity contribution in [3.63, 3.8) is 0 Å². The molecule has 0 unspecified atom stereocenters. The highest BCUT2D eigenvalue weighted by Crippen LogP contribution is 2.51. The van der Waals surface area contributed by atoms with E-state index in [9.17, 15) is 13.5 Å². The molecule has 2 aromatic carbocycles. The molecule has 2 saturated heterocycles. The standard InChI is InChI=1S/C28H39NO3S5/c1-22-10-12-26(13-11-22)37(31,32)29-24(18-23-8-4-3-5-9-23)19-28(35-16-7-17-36-28)21-25(30)20-27(2)33-14-6-15-34-27/h3-5,8-13,24-25,29-30H,6-7,14-21H2,1-2H3/t24-,25-/m0/s1. The lowest BCUT2D eigenvalue weighted by Gasteiger charge is -2.42. The van der Waals surface area contributed by atoms with Crippen LogP contribution in [0.2, 0.25) is 0 Å². The fraction of sp³-hybridized carbons (Fsp3) is 0.571. The SMILES string of the molecule is Cc1ccc(S(=O)(=O)N[C@@H](Cc2ccccc2)CC2(C[C@@H](O)CC3(C)SCCCS3)SCCCS2)cc1. The lowest BCUT2D eigenvalue weighted by molar-refractivity contribution is 0.146. The third kappa shape index (κ3) is 8.85. The maximum atomic E-state index is 13.4. The van der Waals surface area contributed by atoms with Crippen LogP contribution >= 0.6 is 47.0 Å². The number of hydrogen-bond acceptors (Lipinski definition) is 7. The first-order valence-electron chi connectivity index (χ1n) is 13.0. The molecule has 2 atom stereocenters. The zero-order chi connectivity index (χ0) is 26.4. The number of rotatable bonds is 11. The summed E-state index contributed by atoms with van der Waals surface area (Å²) in [6, 6.07) is 16.9. The molecule has 2 aromatic rings. The van der Waals surface area contributed by atoms with E-state index in [1.165, 1.54) is 6.42 Å². The van der Waals surface area contributed by atoms with Gasteiger partial charge in [-0.2, -0.15) is 0 Å². The monoisotopic (exact) mass is 597 g/mol. The smallest absolute Gasteiger partial charge is 0.240 e. The van der Waals surface area contributed by atoms with Gasteiger partial charge in [0.15, 0.2) is 0 Å². The normalized spacial score (nSPS) is 21.3. The Morgan fingerprint density at radius 2 is 1.46 bits per heavy atom. The Balaban J connectivity index is 1.55. The van der Waals surface area contributed by atoms with Crippen molar-refractivity contribution in [2.75, 3.05) is 23.0 Å². The van der Waals surface area contributed by atoms with E-state index in [2.05, 4.69) is 23.8 Å². The Morgan fingerprint density at radius 3 is 2.08 bits per heavy atom. The number of thioether (sulfide) groups is 4. The number of hydrogen-bond donors (Lipinski definition) is 2. The highest BCUT2D eigenvalue weighted by atomic mass is 32.2. The number of aliphatic hydroxyl groups excluding tert-OH is 1. The van der Waals surface area contributed by atoms with Gasteiger partial charge in [-0.25, -0.2) is 13.1 Å². The Kier molecular flexibility index (Phi) is 10.7. The third-order valence-electron chi connectivity index (χ3n) is 6.81. The second-order valence-corrected chi connectivity index (χ2v) is 18.6. The van der Waals surface area contributed by atoms with E-state index in [4.69, 9.17) is 0 Å². The maximum Gasteiger partial charge on any atom is 0.240 e. The van der Waals surface area contributed by atoms with Crippen molar-refractivity contribution in [2.24, 2.45) is 0 Å². The summed E-state index contributed by atoms with van der Waals surface area (Å²) < 4.78 is 29.8. The molecule has 0 amide bonds. The van der Waals surface area contributed by atoms with Gasteiger partial charge in [-0.05, 0) is 93.1 Å². The van der Waals surface area contributed by atoms with E-state index >= 15 is 0 Å². The van der Waals surface area contributed by atoms with Crippen molar-refractivity contribution < 1.29 is 13.5 Å². The predicted molar refractivity (Wildman–Crippen MR) is 165 cm³/mol. The summed E-state index contributed by atoms with van der Waals surface area (Å²) in [4.78, 5) is 0.300. The molecule has 2 aliphatic rings. The van der Waals surface area contributed by atoms with E-state index in [1.54, 1.807) is 12.1 Å². The fourth-order valence-corrected chi connectivity index (χ4v) is 12.9. The number of sulfonamides is 1. The van der Waals surface area contributed by atoms with Gasteiger partial charge >= 0.3 is 0 Å². The Bertz CT molecular complexity index is 1080. The van der Waals surface area contributed by atoms with Gasteiger partial charge in [0.05, 0.1) is 19.2 Å². The molecule has 0 radical (unpaired) electrons. The molecule has 4 rings (SSSR count). The minimum absolute atomic E-state index is 0.0549. The van der Waals surface area contributed by atoms with Crippen LogP contribution in [0.5, 0.6) is 0 Å². The van der Waals surface area contributed by atoms with Crippen LogP contribution in [0.3, 0.4) is 0 Å². The predicted octanol–water partition coefficient (Wildman–Crippen LogP) is 6.57. The molecule has 0 spiro atoms. The molecule has 2 heterocycles. The summed E-state index contributed by atoms with van der Waals surface area (Å²) in [6.07, 6.45) is 4.71. The van der Waals surface area contributed by atoms with Gasteiger partial charge in [-0.3, -0.25) is 0 Å². The van der Waals surface area contributed by atoms with Crippen LogP contribution in [0.25, 0.3) is 0 Å². The van der Waals surface area contributed by atoms with E-state index in [-0.39, 0.29) is 14.2 Å². The molecule has 2 aliphatic heterocycles. The Labute approximate surface area is 240 Å². The molecular weight excluding hydrogens is 559 g/mol. The van der Waals surface area contributed by atoms with Crippen molar-refractivity contribution in [1.82, 2.24) is 4.72 Å². The van der Waals surface area contributed by atoms with Crippen LogP contribution in [0.4, 0.5) is 0 Å². The average molecular weight is 598 g/mol. The van der Waals surface area contributed by atoms with Gasteiger partial charge in [-0.1, -0.05) is 48.0 Å². The third-order valence-corrected chi connectivity index (χ3v) is 15.0. The minimum atomic E-state index is -3.67. The summed E-state index contributed by atoms with van der Waals surface area (Å²) in [5.41, 5.74) is 2.15. The first kappa shape index (κ1) is 29.7. The van der Waals surface area contributed by atoms with Crippen LogP contribution < -0.4 is 4.72 Å². The van der Waals surface area contributed by atoms with Crippen LogP contribution in [-0.4, -0.2) is 56.8 Å². The largest absolute Gasteiger partial charge is 0.393 e. The van der Waals surface area contributed by atoms with Gasteiger partial charge in [0.1, 0.15) is 0 Å². The van der Waals surface area contributed by atoms with Gasteiger partial charge in [-0.15, -0.1) is 47.0 Å². The Morgan fingerprint density at radius 1 is 0.865 bits per heavy atom. The Hall–Kier alpha value is -0.290. The first-order valence-corrected chi connectivity index (χ1v) is 18.5. The van der Waals surface area contributed by atoms with Gasteiger partial charge < -0.3 is 5.11 Å². The zero-order valence-electron chi connectivity index (χ0n) is 21.7. The molecule has 4 nitrogen and oxygen atoms in total. The lowest BCUT2D eigenvalue weighted by Crippen LogP contribution is -2.43. The van der Waals surface area contributed by atoms with Crippen molar-refractivity contribution in [3.8, 4) is 0 Å². The summed E-state index contributed by atoms with van der Waals surface area (Å²) in [5, 5.41) is 11.3. The van der Waals surface area contributed by atoms with Crippen LogP contribution in [0.15, 0.2) is 59.5 Å². The fourth-order valence-electron chi connectivity index (χ4n) is 5.02. The van der Waals surface area contributed by atoms with Gasteiger partial charge in [0, 0.05) is 6.04 Å². The summed E-state index contributed by atoms with van der Waals surface area (Å²) in [6.45, 7) is 4.23. The van der Waals surface area contributed by atoms with Gasteiger partial charge in [0.2, 0.25) is 10.0 Å². The van der Waals surface area contributed by atoms with Crippen molar-refractivity contribution in [2.45, 2.75) is 77.6 Å². The molecular formula is C28H39NO3S5. The molecule has 0 aromatic heterocycles. The number of benzene rings is 2. The lowest BCUT2D eigenvalue weighted by atomic mass is 9.98. The van der Waals surface area contributed by atoms with Gasteiger partial charge in [0.25, 0.3) is 0 Å². The van der Waals surface area contributed by atoms with E-state index in [0.717, 1.165) is 47.0 Å². The highest BCUT2D eigenvalue weighted by Gasteiger charge is 2.41.